The van der Waals surface area contributed by atoms with Crippen LogP contribution in [0.5, 0.6) is 0 Å². The third kappa shape index (κ3) is 7.88. The standard InChI is InChI=1S/C20H27N7O2.ClH.4H3N.4H2/c1-15-14-16(27(28)29)8-9-17(15)21-18-22-19(25-10-4-2-5-11-25)24-20(23-18)26-12-6-3-7-13-26;;;;;;;;;/h8-9,14H,2-7,10-13H2,1H3,(H,21,22,23,24);1H;4*1H3;4*1H. The number of nitro groups is 1. The number of halogens is 1. The van der Waals surface area contributed by atoms with Crippen LogP contribution >= 0.6 is 12.4 Å². The molecule has 0 amide bonds. The van der Waals surface area contributed by atoms with E-state index in [2.05, 4.69) is 25.1 Å². The number of piperidine rings is 2. The van der Waals surface area contributed by atoms with Crippen LogP contribution in [0.1, 0.15) is 49.8 Å². The van der Waals surface area contributed by atoms with E-state index in [-0.39, 0.29) is 53.3 Å². The highest BCUT2D eigenvalue weighted by atomic mass is 35.5. The van der Waals surface area contributed by atoms with Crippen LogP contribution in [0.2, 0.25) is 0 Å². The summed E-state index contributed by atoms with van der Waals surface area (Å²) in [5.41, 5.74) is 1.61. The van der Waals surface area contributed by atoms with Crippen molar-refractivity contribution >= 4 is 41.6 Å². The zero-order valence-electron chi connectivity index (χ0n) is 20.0. The Morgan fingerprint density at radius 3 is 1.74 bits per heavy atom. The molecule has 4 rings (SSSR count). The first-order chi connectivity index (χ1) is 14.1. The fourth-order valence-corrected chi connectivity index (χ4v) is 3.90. The van der Waals surface area contributed by atoms with Crippen LogP contribution in [0.25, 0.3) is 0 Å². The number of rotatable bonds is 5. The first-order valence-corrected chi connectivity index (χ1v) is 10.4. The van der Waals surface area contributed by atoms with E-state index in [1.54, 1.807) is 12.1 Å². The van der Waals surface area contributed by atoms with Gasteiger partial charge in [-0.25, -0.2) is 0 Å². The first-order valence-electron chi connectivity index (χ1n) is 10.4. The van der Waals surface area contributed by atoms with Crippen LogP contribution in [0.15, 0.2) is 18.2 Å². The molecule has 1 aromatic heterocycles. The molecule has 0 saturated carbocycles. The average molecular weight is 510 g/mol. The topological polar surface area (TPSA) is 240 Å². The van der Waals surface area contributed by atoms with Crippen molar-refractivity contribution in [2.45, 2.75) is 45.4 Å². The van der Waals surface area contributed by atoms with Gasteiger partial charge in [-0.1, -0.05) is 0 Å². The van der Waals surface area contributed by atoms with Crippen molar-refractivity contribution in [1.29, 1.82) is 0 Å². The molecule has 2 fully saturated rings. The highest BCUT2D eigenvalue weighted by molar-refractivity contribution is 5.85. The lowest BCUT2D eigenvalue weighted by molar-refractivity contribution is -0.384. The number of hydrogen-bond acceptors (Lipinski definition) is 12. The molecule has 0 unspecified atom stereocenters. The number of benzene rings is 1. The number of nitro benzene ring substituents is 1. The molecular weight excluding hydrogens is 462 g/mol. The van der Waals surface area contributed by atoms with E-state index in [0.717, 1.165) is 63.1 Å². The van der Waals surface area contributed by atoms with Gasteiger partial charge in [0.15, 0.2) is 0 Å². The number of nitrogens with zero attached hydrogens (tertiary/aromatic N) is 6. The van der Waals surface area contributed by atoms with E-state index in [9.17, 15) is 10.1 Å². The van der Waals surface area contributed by atoms with Gasteiger partial charge in [-0.05, 0) is 57.1 Å². The second-order valence-corrected chi connectivity index (χ2v) is 7.74. The zero-order chi connectivity index (χ0) is 20.2. The van der Waals surface area contributed by atoms with Gasteiger partial charge in [0.1, 0.15) is 0 Å². The van der Waals surface area contributed by atoms with Crippen LogP contribution in [0.3, 0.4) is 0 Å². The van der Waals surface area contributed by atoms with E-state index in [1.165, 1.54) is 18.9 Å². The van der Waals surface area contributed by atoms with Gasteiger partial charge in [-0.2, -0.15) is 15.0 Å². The van der Waals surface area contributed by atoms with Crippen molar-refractivity contribution < 1.29 is 10.6 Å². The molecule has 2 aromatic rings. The number of aromatic nitrogens is 3. The Labute approximate surface area is 213 Å². The van der Waals surface area contributed by atoms with Crippen LogP contribution < -0.4 is 39.7 Å². The van der Waals surface area contributed by atoms with Crippen LogP contribution in [0.4, 0.5) is 29.2 Å². The molecule has 2 aliphatic heterocycles. The van der Waals surface area contributed by atoms with Gasteiger partial charge in [0, 0.05) is 49.7 Å². The van der Waals surface area contributed by atoms with E-state index in [1.807, 2.05) is 6.92 Å². The third-order valence-electron chi connectivity index (χ3n) is 5.56. The Hall–Kier alpha value is -2.84. The van der Waals surface area contributed by atoms with Crippen LogP contribution in [-0.4, -0.2) is 46.1 Å². The Bertz CT molecular complexity index is 873. The molecule has 14 heteroatoms. The van der Waals surface area contributed by atoms with Crippen molar-refractivity contribution in [3.63, 3.8) is 0 Å². The summed E-state index contributed by atoms with van der Waals surface area (Å²) in [6.45, 7) is 5.67. The summed E-state index contributed by atoms with van der Waals surface area (Å²) >= 11 is 0. The Morgan fingerprint density at radius 2 is 1.32 bits per heavy atom. The summed E-state index contributed by atoms with van der Waals surface area (Å²) in [6, 6.07) is 4.76. The molecule has 13 N–H and O–H groups in total. The van der Waals surface area contributed by atoms with Gasteiger partial charge >= 0.3 is 0 Å². The molecule has 2 aliphatic rings. The minimum atomic E-state index is -0.386. The summed E-state index contributed by atoms with van der Waals surface area (Å²) in [7, 11) is 0. The second-order valence-electron chi connectivity index (χ2n) is 7.74. The van der Waals surface area contributed by atoms with Gasteiger partial charge in [0.05, 0.1) is 4.92 Å². The normalized spacial score (nSPS) is 14.7. The van der Waals surface area contributed by atoms with Crippen molar-refractivity contribution in [1.82, 2.24) is 39.6 Å². The quantitative estimate of drug-likeness (QED) is 0.234. The predicted octanol–water partition coefficient (Wildman–Crippen LogP) is 5.87. The largest absolute Gasteiger partial charge is 0.344 e. The summed E-state index contributed by atoms with van der Waals surface area (Å²) in [5.74, 6) is 1.91. The Balaban J connectivity index is -0.000000284. The lowest BCUT2D eigenvalue weighted by Crippen LogP contribution is -2.34. The van der Waals surface area contributed by atoms with Gasteiger partial charge in [-0.3, -0.25) is 10.1 Å². The average Bonchev–Trinajstić information content (AvgIpc) is 2.76. The third-order valence-corrected chi connectivity index (χ3v) is 5.56. The number of nitrogens with one attached hydrogen (secondary N) is 1. The zero-order valence-corrected chi connectivity index (χ0v) is 20.9. The molecular formula is C20H48ClN11O2. The van der Waals surface area contributed by atoms with Crippen molar-refractivity contribution in [3.8, 4) is 0 Å². The lowest BCUT2D eigenvalue weighted by Gasteiger charge is -2.30. The van der Waals surface area contributed by atoms with Crippen molar-refractivity contribution in [2.24, 2.45) is 0 Å². The molecule has 0 atom stereocenters. The SMILES string of the molecule is Cc1cc([N+](=O)[O-])ccc1Nc1nc(N2CCCCC2)nc(N2CCCCC2)n1.Cl.N.N.N.N.[HH].[HH].[HH].[HH]. The van der Waals surface area contributed by atoms with E-state index in [4.69, 9.17) is 4.98 Å². The van der Waals surface area contributed by atoms with Crippen molar-refractivity contribution in [2.75, 3.05) is 41.3 Å². The summed E-state index contributed by atoms with van der Waals surface area (Å²) in [5, 5.41) is 14.3. The van der Waals surface area contributed by atoms with E-state index < -0.39 is 0 Å². The minimum Gasteiger partial charge on any atom is -0.344 e. The molecule has 2 saturated heterocycles. The van der Waals surface area contributed by atoms with Gasteiger partial charge in [0.25, 0.3) is 5.69 Å². The fourth-order valence-electron chi connectivity index (χ4n) is 3.90. The Morgan fingerprint density at radius 1 is 0.853 bits per heavy atom. The smallest absolute Gasteiger partial charge is 0.269 e. The monoisotopic (exact) mass is 509 g/mol. The molecule has 3 heterocycles. The van der Waals surface area contributed by atoms with Gasteiger partial charge in [-0.15, -0.1) is 12.4 Å². The first kappa shape index (κ1) is 33.3. The predicted molar refractivity (Wildman–Crippen MR) is 149 cm³/mol. The molecule has 0 radical (unpaired) electrons. The summed E-state index contributed by atoms with van der Waals surface area (Å²) in [4.78, 5) is 29.2. The molecule has 0 aliphatic carbocycles. The molecule has 34 heavy (non-hydrogen) atoms. The fraction of sp³-hybridized carbons (Fsp3) is 0.550. The number of hydrogen-bond donors (Lipinski definition) is 5. The molecule has 13 nitrogen and oxygen atoms in total. The van der Waals surface area contributed by atoms with Crippen molar-refractivity contribution in [3.05, 3.63) is 33.9 Å². The maximum atomic E-state index is 11.0. The van der Waals surface area contributed by atoms with Gasteiger partial charge < -0.3 is 39.7 Å². The highest BCUT2D eigenvalue weighted by Crippen LogP contribution is 2.26. The lowest BCUT2D eigenvalue weighted by atomic mass is 10.1. The maximum absolute atomic E-state index is 11.0. The second kappa shape index (κ2) is 15.1. The van der Waals surface area contributed by atoms with E-state index in [0.29, 0.717) is 17.8 Å². The molecule has 0 bridgehead atoms. The molecule has 1 aromatic carbocycles. The number of aryl methyl sites for hydroxylation is 1. The van der Waals surface area contributed by atoms with E-state index >= 15 is 0 Å². The maximum Gasteiger partial charge on any atom is 0.269 e. The number of non-ortho nitro benzene ring substituents is 1. The highest BCUT2D eigenvalue weighted by Gasteiger charge is 2.20. The van der Waals surface area contributed by atoms with Gasteiger partial charge in [0.2, 0.25) is 17.8 Å². The minimum absolute atomic E-state index is 0. The molecule has 202 valence electrons. The van der Waals surface area contributed by atoms with Crippen LogP contribution in [-0.2, 0) is 0 Å². The molecule has 0 spiro atoms. The summed E-state index contributed by atoms with van der Waals surface area (Å²) < 4.78 is 0. The Kier molecular flexibility index (Phi) is 14.8. The van der Waals surface area contributed by atoms with Crippen LogP contribution in [0, 0.1) is 17.0 Å². The number of anilines is 4. The summed E-state index contributed by atoms with van der Waals surface area (Å²) in [6.07, 6.45) is 7.08.